The first kappa shape index (κ1) is 12.8. The van der Waals surface area contributed by atoms with Crippen LogP contribution in [0.15, 0.2) is 18.3 Å². The van der Waals surface area contributed by atoms with Crippen LogP contribution in [0.5, 0.6) is 5.88 Å². The summed E-state index contributed by atoms with van der Waals surface area (Å²) in [5.74, 6) is 0.101. The highest BCUT2D eigenvalue weighted by Gasteiger charge is 2.26. The van der Waals surface area contributed by atoms with Crippen LogP contribution in [0.2, 0.25) is 0 Å². The van der Waals surface area contributed by atoms with Gasteiger partial charge in [-0.2, -0.15) is 0 Å². The molecule has 0 N–H and O–H groups in total. The molecule has 1 saturated carbocycles. The molecule has 1 heterocycles. The largest absolute Gasteiger partial charge is 0.469 e. The summed E-state index contributed by atoms with van der Waals surface area (Å²) < 4.78 is 10.9. The lowest BCUT2D eigenvalue weighted by Gasteiger charge is -2.28. The van der Waals surface area contributed by atoms with Crippen molar-refractivity contribution in [3.05, 3.63) is 28.4 Å². The molecule has 0 unspecified atom stereocenters. The quantitative estimate of drug-likeness (QED) is 0.607. The van der Waals surface area contributed by atoms with Gasteiger partial charge in [-0.25, -0.2) is 4.98 Å². The number of aromatic nitrogens is 1. The van der Waals surface area contributed by atoms with Crippen LogP contribution >= 0.6 is 0 Å². The van der Waals surface area contributed by atoms with Gasteiger partial charge in [0.2, 0.25) is 0 Å². The SMILES string of the molecule is CO[C@H]1CCC[C@H](Oc2ncccc2[N+](=O)[O-])C1. The predicted molar refractivity (Wildman–Crippen MR) is 64.6 cm³/mol. The molecular weight excluding hydrogens is 236 g/mol. The van der Waals surface area contributed by atoms with Gasteiger partial charge >= 0.3 is 5.69 Å². The van der Waals surface area contributed by atoms with Gasteiger partial charge in [-0.3, -0.25) is 10.1 Å². The predicted octanol–water partition coefficient (Wildman–Crippen LogP) is 2.33. The third-order valence-electron chi connectivity index (χ3n) is 3.14. The zero-order chi connectivity index (χ0) is 13.0. The number of pyridine rings is 1. The molecule has 1 fully saturated rings. The molecule has 1 aromatic heterocycles. The van der Waals surface area contributed by atoms with Crippen molar-refractivity contribution in [1.29, 1.82) is 0 Å². The zero-order valence-electron chi connectivity index (χ0n) is 10.2. The maximum absolute atomic E-state index is 10.8. The van der Waals surface area contributed by atoms with E-state index in [4.69, 9.17) is 9.47 Å². The summed E-state index contributed by atoms with van der Waals surface area (Å²) in [4.78, 5) is 14.3. The molecule has 0 bridgehead atoms. The highest BCUT2D eigenvalue weighted by Crippen LogP contribution is 2.29. The Morgan fingerprint density at radius 1 is 1.44 bits per heavy atom. The van der Waals surface area contributed by atoms with E-state index in [9.17, 15) is 10.1 Å². The van der Waals surface area contributed by atoms with E-state index in [0.717, 1.165) is 25.7 Å². The van der Waals surface area contributed by atoms with Gasteiger partial charge in [0, 0.05) is 25.8 Å². The minimum absolute atomic E-state index is 0.0581. The molecule has 2 rings (SSSR count). The number of ether oxygens (including phenoxy) is 2. The summed E-state index contributed by atoms with van der Waals surface area (Å²) in [7, 11) is 1.68. The van der Waals surface area contributed by atoms with Crippen molar-refractivity contribution in [2.75, 3.05) is 7.11 Å². The third-order valence-corrected chi connectivity index (χ3v) is 3.14. The Morgan fingerprint density at radius 2 is 2.22 bits per heavy atom. The van der Waals surface area contributed by atoms with Crippen molar-refractivity contribution in [3.63, 3.8) is 0 Å². The first-order valence-corrected chi connectivity index (χ1v) is 5.99. The van der Waals surface area contributed by atoms with Gasteiger partial charge in [-0.05, 0) is 25.3 Å². The van der Waals surface area contributed by atoms with Crippen LogP contribution in [0.25, 0.3) is 0 Å². The maximum Gasteiger partial charge on any atom is 0.330 e. The molecule has 0 aromatic carbocycles. The number of methoxy groups -OCH3 is 1. The first-order chi connectivity index (χ1) is 8.70. The van der Waals surface area contributed by atoms with E-state index < -0.39 is 4.92 Å². The lowest BCUT2D eigenvalue weighted by molar-refractivity contribution is -0.386. The Bertz CT molecular complexity index is 424. The molecule has 2 atom stereocenters. The van der Waals surface area contributed by atoms with Crippen LogP contribution in [0.1, 0.15) is 25.7 Å². The van der Waals surface area contributed by atoms with Crippen molar-refractivity contribution in [2.45, 2.75) is 37.9 Å². The molecule has 0 amide bonds. The van der Waals surface area contributed by atoms with E-state index in [0.29, 0.717) is 0 Å². The van der Waals surface area contributed by atoms with Crippen LogP contribution < -0.4 is 4.74 Å². The van der Waals surface area contributed by atoms with Crippen molar-refractivity contribution in [3.8, 4) is 5.88 Å². The second-order valence-corrected chi connectivity index (χ2v) is 4.35. The second-order valence-electron chi connectivity index (χ2n) is 4.35. The molecule has 0 radical (unpaired) electrons. The topological polar surface area (TPSA) is 74.5 Å². The fourth-order valence-electron chi connectivity index (χ4n) is 2.19. The Morgan fingerprint density at radius 3 is 2.94 bits per heavy atom. The Balaban J connectivity index is 2.07. The fourth-order valence-corrected chi connectivity index (χ4v) is 2.19. The lowest BCUT2D eigenvalue weighted by atomic mass is 9.95. The third kappa shape index (κ3) is 2.95. The zero-order valence-corrected chi connectivity index (χ0v) is 10.2. The molecule has 6 heteroatoms. The van der Waals surface area contributed by atoms with Crippen LogP contribution in [-0.2, 0) is 4.74 Å². The highest BCUT2D eigenvalue weighted by atomic mass is 16.6. The molecule has 1 aliphatic carbocycles. The van der Waals surface area contributed by atoms with E-state index in [1.165, 1.54) is 18.3 Å². The Hall–Kier alpha value is -1.69. The summed E-state index contributed by atoms with van der Waals surface area (Å²) in [6.07, 6.45) is 5.27. The molecule has 18 heavy (non-hydrogen) atoms. The van der Waals surface area contributed by atoms with Gasteiger partial charge in [0.05, 0.1) is 11.0 Å². The average Bonchev–Trinajstić information content (AvgIpc) is 2.39. The fraction of sp³-hybridized carbons (Fsp3) is 0.583. The van der Waals surface area contributed by atoms with Gasteiger partial charge in [0.1, 0.15) is 6.10 Å². The van der Waals surface area contributed by atoms with Crippen molar-refractivity contribution in [1.82, 2.24) is 4.98 Å². The molecule has 98 valence electrons. The molecule has 0 aliphatic heterocycles. The monoisotopic (exact) mass is 252 g/mol. The number of nitrogens with zero attached hydrogens (tertiary/aromatic N) is 2. The molecule has 1 aromatic rings. The standard InChI is InChI=1S/C12H16N2O4/c1-17-9-4-2-5-10(8-9)18-12-11(14(15)16)6-3-7-13-12/h3,6-7,9-10H,2,4-5,8H2,1H3/t9-,10-/m0/s1. The number of rotatable bonds is 4. The normalized spacial score (nSPS) is 23.6. The number of hydrogen-bond donors (Lipinski definition) is 0. The molecule has 0 saturated heterocycles. The smallest absolute Gasteiger partial charge is 0.330 e. The summed E-state index contributed by atoms with van der Waals surface area (Å²) in [6, 6.07) is 2.93. The molecule has 6 nitrogen and oxygen atoms in total. The van der Waals surface area contributed by atoms with Crippen LogP contribution in [0, 0.1) is 10.1 Å². The summed E-state index contributed by atoms with van der Waals surface area (Å²) >= 11 is 0. The summed E-state index contributed by atoms with van der Waals surface area (Å²) in [6.45, 7) is 0. The number of nitro groups is 1. The lowest BCUT2D eigenvalue weighted by Crippen LogP contribution is -2.29. The van der Waals surface area contributed by atoms with Crippen LogP contribution in [0.4, 0.5) is 5.69 Å². The van der Waals surface area contributed by atoms with Crippen LogP contribution in [0.3, 0.4) is 0 Å². The van der Waals surface area contributed by atoms with Crippen LogP contribution in [-0.4, -0.2) is 29.2 Å². The highest BCUT2D eigenvalue weighted by molar-refractivity contribution is 5.39. The Kier molecular flexibility index (Phi) is 4.09. The van der Waals surface area contributed by atoms with Gasteiger partial charge < -0.3 is 9.47 Å². The maximum atomic E-state index is 10.8. The molecular formula is C12H16N2O4. The minimum Gasteiger partial charge on any atom is -0.469 e. The molecule has 1 aliphatic rings. The van der Waals surface area contributed by atoms with E-state index >= 15 is 0 Å². The van der Waals surface area contributed by atoms with E-state index in [-0.39, 0.29) is 23.8 Å². The van der Waals surface area contributed by atoms with Gasteiger partial charge in [-0.15, -0.1) is 0 Å². The first-order valence-electron chi connectivity index (χ1n) is 5.99. The van der Waals surface area contributed by atoms with Crippen molar-refractivity contribution in [2.24, 2.45) is 0 Å². The van der Waals surface area contributed by atoms with Gasteiger partial charge in [-0.1, -0.05) is 0 Å². The van der Waals surface area contributed by atoms with Gasteiger partial charge in [0.25, 0.3) is 5.88 Å². The van der Waals surface area contributed by atoms with Crippen molar-refractivity contribution >= 4 is 5.69 Å². The van der Waals surface area contributed by atoms with E-state index in [1.54, 1.807) is 7.11 Å². The summed E-state index contributed by atoms with van der Waals surface area (Å²) in [5.41, 5.74) is -0.0861. The number of hydrogen-bond acceptors (Lipinski definition) is 5. The Labute approximate surface area is 105 Å². The van der Waals surface area contributed by atoms with Gasteiger partial charge in [0.15, 0.2) is 0 Å². The van der Waals surface area contributed by atoms with E-state index in [2.05, 4.69) is 4.98 Å². The average molecular weight is 252 g/mol. The minimum atomic E-state index is -0.473. The van der Waals surface area contributed by atoms with Crippen molar-refractivity contribution < 1.29 is 14.4 Å². The van der Waals surface area contributed by atoms with E-state index in [1.807, 2.05) is 0 Å². The second kappa shape index (κ2) is 5.77. The molecule has 0 spiro atoms. The summed E-state index contributed by atoms with van der Waals surface area (Å²) in [5, 5.41) is 10.8.